The van der Waals surface area contributed by atoms with Gasteiger partial charge in [-0.05, 0) is 0 Å². The van der Waals surface area contributed by atoms with E-state index in [2.05, 4.69) is 4.98 Å². The lowest BCUT2D eigenvalue weighted by atomic mass is 10.2. The van der Waals surface area contributed by atoms with Gasteiger partial charge in [-0.25, -0.2) is 9.47 Å². The van der Waals surface area contributed by atoms with E-state index in [4.69, 9.17) is 0 Å². The summed E-state index contributed by atoms with van der Waals surface area (Å²) < 4.78 is -0.529. The Bertz CT molecular complexity index is 727. The van der Waals surface area contributed by atoms with Crippen molar-refractivity contribution in [3.63, 3.8) is 0 Å². The first-order chi connectivity index (χ1) is 10.7. The molecule has 122 valence electrons. The zero-order valence-electron chi connectivity index (χ0n) is 13.1. The minimum atomic E-state index is -1.29. The van der Waals surface area contributed by atoms with Crippen LogP contribution in [-0.4, -0.2) is 23.0 Å². The number of hydrogen-bond acceptors (Lipinski definition) is 6. The molecule has 1 heterocycles. The van der Waals surface area contributed by atoms with Crippen LogP contribution in [0.1, 0.15) is 30.5 Å². The third-order valence-corrected chi connectivity index (χ3v) is 4.77. The molecule has 1 amide bonds. The first-order valence-corrected chi connectivity index (χ1v) is 7.88. The van der Waals surface area contributed by atoms with Gasteiger partial charge in [0.1, 0.15) is 17.9 Å². The van der Waals surface area contributed by atoms with E-state index >= 15 is 0 Å². The highest BCUT2D eigenvalue weighted by atomic mass is 32.1. The van der Waals surface area contributed by atoms with Crippen molar-refractivity contribution in [2.45, 2.75) is 26.3 Å². The van der Waals surface area contributed by atoms with Gasteiger partial charge >= 0.3 is 0 Å². The van der Waals surface area contributed by atoms with Gasteiger partial charge in [0.2, 0.25) is 0 Å². The smallest absolute Gasteiger partial charge is 0.269 e. The van der Waals surface area contributed by atoms with E-state index in [1.807, 2.05) is 19.2 Å². The molecule has 0 radical (unpaired) electrons. The predicted molar refractivity (Wildman–Crippen MR) is 86.1 cm³/mol. The summed E-state index contributed by atoms with van der Waals surface area (Å²) in [5.74, 6) is 0.273. The molecule has 7 nitrogen and oxygen atoms in total. The van der Waals surface area contributed by atoms with Gasteiger partial charge in [0.05, 0.1) is 17.0 Å². The molecule has 1 aromatic heterocycles. The van der Waals surface area contributed by atoms with Gasteiger partial charge in [-0.1, -0.05) is 13.8 Å². The van der Waals surface area contributed by atoms with Crippen LogP contribution < -0.4 is 9.59 Å². The van der Waals surface area contributed by atoms with Crippen LogP contribution >= 0.6 is 11.3 Å². The standard InChI is InChI=1S/C15H17N3O4S/c1-10(2)14-16-11(9-23-14)8-18(3,15(19)20)13-6-4-12(5-7-13)17(21)22/h4-7,9-10H,8H2,1-3H3. The first kappa shape index (κ1) is 17.0. The molecule has 1 aromatic carbocycles. The van der Waals surface area contributed by atoms with Crippen molar-refractivity contribution in [3.05, 3.63) is 50.5 Å². The second-order valence-electron chi connectivity index (χ2n) is 5.72. The molecule has 0 aliphatic rings. The van der Waals surface area contributed by atoms with Gasteiger partial charge < -0.3 is 9.90 Å². The van der Waals surface area contributed by atoms with Crippen LogP contribution in [0.4, 0.5) is 16.2 Å². The first-order valence-electron chi connectivity index (χ1n) is 7.00. The Morgan fingerprint density at radius 3 is 2.39 bits per heavy atom. The fourth-order valence-corrected chi connectivity index (χ4v) is 2.98. The molecule has 8 heteroatoms. The van der Waals surface area contributed by atoms with Gasteiger partial charge in [-0.15, -0.1) is 11.3 Å². The quantitative estimate of drug-likeness (QED) is 0.475. The number of non-ortho nitro benzene ring substituents is 1. The Kier molecular flexibility index (Phi) is 4.76. The number of nitro benzene ring substituents is 1. The molecule has 1 unspecified atom stereocenters. The highest BCUT2D eigenvalue weighted by Crippen LogP contribution is 2.28. The molecule has 0 bridgehead atoms. The number of aromatic nitrogens is 1. The molecule has 23 heavy (non-hydrogen) atoms. The maximum absolute atomic E-state index is 11.7. The lowest BCUT2D eigenvalue weighted by Gasteiger charge is -2.32. The van der Waals surface area contributed by atoms with E-state index in [9.17, 15) is 20.0 Å². The number of nitro groups is 1. The molecule has 0 aliphatic heterocycles. The zero-order valence-corrected chi connectivity index (χ0v) is 13.9. The molecule has 2 rings (SSSR count). The van der Waals surface area contributed by atoms with E-state index in [1.165, 1.54) is 42.6 Å². The normalized spacial score (nSPS) is 13.7. The summed E-state index contributed by atoms with van der Waals surface area (Å²) >= 11 is 1.49. The van der Waals surface area contributed by atoms with Gasteiger partial charge in [0.25, 0.3) is 11.8 Å². The molecule has 0 aliphatic carbocycles. The summed E-state index contributed by atoms with van der Waals surface area (Å²) in [5, 5.41) is 25.2. The maximum atomic E-state index is 11.7. The Morgan fingerprint density at radius 2 is 1.96 bits per heavy atom. The lowest BCUT2D eigenvalue weighted by molar-refractivity contribution is -0.384. The van der Waals surface area contributed by atoms with Gasteiger partial charge in [0.15, 0.2) is 0 Å². The van der Waals surface area contributed by atoms with Crippen LogP contribution in [0.5, 0.6) is 0 Å². The van der Waals surface area contributed by atoms with Gasteiger partial charge in [-0.2, -0.15) is 0 Å². The van der Waals surface area contributed by atoms with Crippen LogP contribution in [0, 0.1) is 10.1 Å². The van der Waals surface area contributed by atoms with Crippen LogP contribution in [0.15, 0.2) is 29.6 Å². The van der Waals surface area contributed by atoms with Crippen LogP contribution in [-0.2, 0) is 6.54 Å². The molecule has 0 saturated carbocycles. The molecule has 2 aromatic rings. The number of thiazole rings is 1. The maximum Gasteiger partial charge on any atom is 0.269 e. The van der Waals surface area contributed by atoms with E-state index < -0.39 is 15.5 Å². The third kappa shape index (κ3) is 3.54. The summed E-state index contributed by atoms with van der Waals surface area (Å²) in [7, 11) is 1.49. The zero-order chi connectivity index (χ0) is 17.2. The fraction of sp³-hybridized carbons (Fsp3) is 0.333. The monoisotopic (exact) mass is 335 g/mol. The van der Waals surface area contributed by atoms with Crippen molar-refractivity contribution in [1.29, 1.82) is 0 Å². The van der Waals surface area contributed by atoms with Crippen molar-refractivity contribution in [1.82, 2.24) is 9.47 Å². The van der Waals surface area contributed by atoms with E-state index in [-0.39, 0.29) is 18.2 Å². The number of benzene rings is 1. The van der Waals surface area contributed by atoms with Crippen molar-refractivity contribution in [2.24, 2.45) is 0 Å². The van der Waals surface area contributed by atoms with Crippen LogP contribution in [0.2, 0.25) is 0 Å². The molecule has 0 N–H and O–H groups in total. The van der Waals surface area contributed by atoms with Gasteiger partial charge in [-0.3, -0.25) is 10.1 Å². The van der Waals surface area contributed by atoms with Gasteiger partial charge in [0, 0.05) is 35.6 Å². The molecule has 0 fully saturated rings. The summed E-state index contributed by atoms with van der Waals surface area (Å²) in [6.45, 7) is 4.15. The number of carbonyl (C=O) groups excluding carboxylic acids is 1. The molecule has 0 saturated heterocycles. The second-order valence-corrected chi connectivity index (χ2v) is 6.61. The highest BCUT2D eigenvalue weighted by Gasteiger charge is 2.30. The van der Waals surface area contributed by atoms with Crippen molar-refractivity contribution in [3.8, 4) is 0 Å². The summed E-state index contributed by atoms with van der Waals surface area (Å²) in [5.41, 5.74) is 0.966. The Hall–Kier alpha value is -2.32. The predicted octanol–water partition coefficient (Wildman–Crippen LogP) is 2.66. The number of quaternary nitrogens is 1. The topological polar surface area (TPSA) is 96.2 Å². The third-order valence-electron chi connectivity index (χ3n) is 3.57. The lowest BCUT2D eigenvalue weighted by Crippen LogP contribution is -2.56. The van der Waals surface area contributed by atoms with Crippen molar-refractivity contribution in [2.75, 3.05) is 7.05 Å². The Labute approximate surface area is 137 Å². The Morgan fingerprint density at radius 1 is 1.35 bits per heavy atom. The molecular formula is C15H17N3O4S. The second kappa shape index (κ2) is 6.43. The number of carbonyl (C=O) groups is 1. The summed E-state index contributed by atoms with van der Waals surface area (Å²) in [6.07, 6.45) is -1.29. The minimum absolute atomic E-state index is 0.0885. The average Bonchev–Trinajstić information content (AvgIpc) is 2.95. The average molecular weight is 335 g/mol. The number of hydrogen-bond donors (Lipinski definition) is 0. The van der Waals surface area contributed by atoms with Crippen molar-refractivity contribution >= 4 is 28.8 Å². The molecule has 1 atom stereocenters. The molecular weight excluding hydrogens is 318 g/mol. The van der Waals surface area contributed by atoms with E-state index in [0.29, 0.717) is 11.4 Å². The number of nitrogens with zero attached hydrogens (tertiary/aromatic N) is 3. The SMILES string of the molecule is CC(C)c1nc(C[N+](C)(C(=O)[O-])c2ccc([N+](=O)[O-])cc2)cs1. The highest BCUT2D eigenvalue weighted by molar-refractivity contribution is 7.09. The summed E-state index contributed by atoms with van der Waals surface area (Å²) in [4.78, 5) is 26.3. The van der Waals surface area contributed by atoms with Crippen molar-refractivity contribution < 1.29 is 14.8 Å². The van der Waals surface area contributed by atoms with Crippen LogP contribution in [0.25, 0.3) is 0 Å². The Balaban J connectivity index is 2.34. The summed E-state index contributed by atoms with van der Waals surface area (Å²) in [6, 6.07) is 5.44. The van der Waals surface area contributed by atoms with E-state index in [1.54, 1.807) is 0 Å². The fourth-order valence-electron chi connectivity index (χ4n) is 2.15. The molecule has 0 spiro atoms. The largest absolute Gasteiger partial charge is 0.498 e. The number of rotatable bonds is 5. The minimum Gasteiger partial charge on any atom is -0.498 e. The van der Waals surface area contributed by atoms with E-state index in [0.717, 1.165) is 5.01 Å². The van der Waals surface area contributed by atoms with Crippen LogP contribution in [0.3, 0.4) is 0 Å². The number of amides is 1. The number of carboxylic acid groups (broad SMARTS) is 1.